The molecule has 0 aromatic heterocycles. The maximum absolute atomic E-state index is 12.7. The summed E-state index contributed by atoms with van der Waals surface area (Å²) in [5.74, 6) is 1.18. The van der Waals surface area contributed by atoms with Gasteiger partial charge in [-0.15, -0.1) is 0 Å². The summed E-state index contributed by atoms with van der Waals surface area (Å²) >= 11 is 0. The highest BCUT2D eigenvalue weighted by Crippen LogP contribution is 2.28. The standard InChI is InChI=1S/C23H29N3O3/c1-4-22(27)25-20-9-5-17(6-10-20)16(2)24-23(28)26-14-13-19(15-26)18-7-11-21(29-3)12-8-18/h5-12,16,19H,4,13-15H2,1-3H3,(H,24,28)(H,25,27). The maximum Gasteiger partial charge on any atom is 0.317 e. The SMILES string of the molecule is CCC(=O)Nc1ccc(C(C)NC(=O)N2CCC(c3ccc(OC)cc3)C2)cc1. The Balaban J connectivity index is 1.53. The number of ether oxygens (including phenoxy) is 1. The number of methoxy groups -OCH3 is 1. The average molecular weight is 396 g/mol. The van der Waals surface area contributed by atoms with Crippen LogP contribution in [-0.4, -0.2) is 37.0 Å². The summed E-state index contributed by atoms with van der Waals surface area (Å²) in [4.78, 5) is 26.0. The van der Waals surface area contributed by atoms with Gasteiger partial charge in [0, 0.05) is 31.1 Å². The van der Waals surface area contributed by atoms with Crippen LogP contribution in [-0.2, 0) is 4.79 Å². The van der Waals surface area contributed by atoms with E-state index in [0.29, 0.717) is 18.9 Å². The van der Waals surface area contributed by atoms with Crippen molar-refractivity contribution in [3.63, 3.8) is 0 Å². The predicted molar refractivity (Wildman–Crippen MR) is 114 cm³/mol. The normalized spacial score (nSPS) is 16.9. The van der Waals surface area contributed by atoms with Crippen molar-refractivity contribution in [3.05, 3.63) is 59.7 Å². The minimum Gasteiger partial charge on any atom is -0.497 e. The van der Waals surface area contributed by atoms with Gasteiger partial charge in [0.25, 0.3) is 0 Å². The Bertz CT molecular complexity index is 833. The number of carbonyl (C=O) groups is 2. The molecule has 3 rings (SSSR count). The topological polar surface area (TPSA) is 70.7 Å². The molecule has 154 valence electrons. The molecule has 2 unspecified atom stereocenters. The van der Waals surface area contributed by atoms with E-state index in [1.165, 1.54) is 5.56 Å². The van der Waals surface area contributed by atoms with Crippen LogP contribution in [0.3, 0.4) is 0 Å². The first-order chi connectivity index (χ1) is 14.0. The number of benzene rings is 2. The van der Waals surface area contributed by atoms with Crippen molar-refractivity contribution >= 4 is 17.6 Å². The molecule has 0 bridgehead atoms. The first-order valence-corrected chi connectivity index (χ1v) is 10.1. The highest BCUT2D eigenvalue weighted by molar-refractivity contribution is 5.90. The number of nitrogens with zero attached hydrogens (tertiary/aromatic N) is 1. The predicted octanol–water partition coefficient (Wildman–Crippen LogP) is 4.30. The molecule has 0 saturated carbocycles. The van der Waals surface area contributed by atoms with Crippen molar-refractivity contribution in [1.82, 2.24) is 10.2 Å². The molecule has 0 radical (unpaired) electrons. The van der Waals surface area contributed by atoms with Gasteiger partial charge in [-0.1, -0.05) is 31.2 Å². The van der Waals surface area contributed by atoms with E-state index in [1.807, 2.05) is 55.1 Å². The first kappa shape index (κ1) is 20.7. The van der Waals surface area contributed by atoms with Gasteiger partial charge in [0.05, 0.1) is 13.2 Å². The number of nitrogens with one attached hydrogen (secondary N) is 2. The third-order valence-electron chi connectivity index (χ3n) is 5.42. The van der Waals surface area contributed by atoms with Crippen LogP contribution in [0.15, 0.2) is 48.5 Å². The fraction of sp³-hybridized carbons (Fsp3) is 0.391. The summed E-state index contributed by atoms with van der Waals surface area (Å²) < 4.78 is 5.21. The number of hydrogen-bond acceptors (Lipinski definition) is 3. The summed E-state index contributed by atoms with van der Waals surface area (Å²) in [5, 5.41) is 5.91. The number of rotatable bonds is 6. The minimum atomic E-state index is -0.113. The maximum atomic E-state index is 12.7. The number of carbonyl (C=O) groups excluding carboxylic acids is 2. The van der Waals surface area contributed by atoms with E-state index >= 15 is 0 Å². The van der Waals surface area contributed by atoms with Gasteiger partial charge in [0.15, 0.2) is 0 Å². The van der Waals surface area contributed by atoms with Crippen molar-refractivity contribution in [1.29, 1.82) is 0 Å². The van der Waals surface area contributed by atoms with E-state index in [2.05, 4.69) is 22.8 Å². The number of likely N-dealkylation sites (tertiary alicyclic amines) is 1. The third-order valence-corrected chi connectivity index (χ3v) is 5.42. The van der Waals surface area contributed by atoms with E-state index in [9.17, 15) is 9.59 Å². The van der Waals surface area contributed by atoms with E-state index < -0.39 is 0 Å². The largest absolute Gasteiger partial charge is 0.497 e. The Kier molecular flexibility index (Phi) is 6.75. The van der Waals surface area contributed by atoms with Gasteiger partial charge >= 0.3 is 6.03 Å². The molecule has 6 heteroatoms. The molecule has 1 fully saturated rings. The zero-order valence-corrected chi connectivity index (χ0v) is 17.3. The smallest absolute Gasteiger partial charge is 0.317 e. The van der Waals surface area contributed by atoms with Crippen LogP contribution in [0.2, 0.25) is 0 Å². The molecule has 6 nitrogen and oxygen atoms in total. The lowest BCUT2D eigenvalue weighted by Crippen LogP contribution is -2.39. The Morgan fingerprint density at radius 3 is 2.45 bits per heavy atom. The Morgan fingerprint density at radius 2 is 1.83 bits per heavy atom. The monoisotopic (exact) mass is 395 g/mol. The number of hydrogen-bond donors (Lipinski definition) is 2. The van der Waals surface area contributed by atoms with E-state index in [-0.39, 0.29) is 18.0 Å². The summed E-state index contributed by atoms with van der Waals surface area (Å²) in [6, 6.07) is 15.5. The number of anilines is 1. The van der Waals surface area contributed by atoms with E-state index in [0.717, 1.165) is 30.0 Å². The van der Waals surface area contributed by atoms with Crippen LogP contribution in [0.25, 0.3) is 0 Å². The summed E-state index contributed by atoms with van der Waals surface area (Å²) in [5.41, 5.74) is 3.00. The molecule has 1 aliphatic heterocycles. The number of amides is 3. The highest BCUT2D eigenvalue weighted by Gasteiger charge is 2.28. The first-order valence-electron chi connectivity index (χ1n) is 10.1. The van der Waals surface area contributed by atoms with Crippen LogP contribution in [0.5, 0.6) is 5.75 Å². The fourth-order valence-corrected chi connectivity index (χ4v) is 3.56. The molecule has 1 aliphatic rings. The van der Waals surface area contributed by atoms with Crippen molar-refractivity contribution in [3.8, 4) is 5.75 Å². The number of urea groups is 1. The van der Waals surface area contributed by atoms with Gasteiger partial charge in [-0.3, -0.25) is 4.79 Å². The van der Waals surface area contributed by atoms with Gasteiger partial charge in [0.2, 0.25) is 5.91 Å². The lowest BCUT2D eigenvalue weighted by atomic mass is 9.98. The second-order valence-corrected chi connectivity index (χ2v) is 7.40. The highest BCUT2D eigenvalue weighted by atomic mass is 16.5. The molecule has 29 heavy (non-hydrogen) atoms. The molecule has 0 aliphatic carbocycles. The van der Waals surface area contributed by atoms with Crippen LogP contribution >= 0.6 is 0 Å². The average Bonchev–Trinajstić information content (AvgIpc) is 3.24. The van der Waals surface area contributed by atoms with Gasteiger partial charge in [-0.05, 0) is 48.7 Å². The molecule has 1 saturated heterocycles. The Labute approximate surface area is 172 Å². The molecular formula is C23H29N3O3. The lowest BCUT2D eigenvalue weighted by Gasteiger charge is -2.21. The van der Waals surface area contributed by atoms with Crippen LogP contribution in [0.1, 0.15) is 49.8 Å². The Morgan fingerprint density at radius 1 is 1.14 bits per heavy atom. The summed E-state index contributed by atoms with van der Waals surface area (Å²) in [7, 11) is 1.66. The van der Waals surface area contributed by atoms with Crippen LogP contribution < -0.4 is 15.4 Å². The van der Waals surface area contributed by atoms with Crippen molar-refractivity contribution in [2.75, 3.05) is 25.5 Å². The van der Waals surface area contributed by atoms with Gasteiger partial charge in [-0.25, -0.2) is 4.79 Å². The lowest BCUT2D eigenvalue weighted by molar-refractivity contribution is -0.115. The molecule has 2 N–H and O–H groups in total. The molecular weight excluding hydrogens is 366 g/mol. The molecule has 1 heterocycles. The van der Waals surface area contributed by atoms with Crippen molar-refractivity contribution in [2.45, 2.75) is 38.6 Å². The second kappa shape index (κ2) is 9.45. The van der Waals surface area contributed by atoms with Gasteiger partial charge in [-0.2, -0.15) is 0 Å². The third kappa shape index (κ3) is 5.28. The van der Waals surface area contributed by atoms with Gasteiger partial charge < -0.3 is 20.3 Å². The fourth-order valence-electron chi connectivity index (χ4n) is 3.56. The molecule has 0 spiro atoms. The van der Waals surface area contributed by atoms with Crippen molar-refractivity contribution in [2.24, 2.45) is 0 Å². The summed E-state index contributed by atoms with van der Waals surface area (Å²) in [6.45, 7) is 5.25. The molecule has 3 amide bonds. The van der Waals surface area contributed by atoms with E-state index in [1.54, 1.807) is 7.11 Å². The minimum absolute atomic E-state index is 0.0143. The van der Waals surface area contributed by atoms with Crippen molar-refractivity contribution < 1.29 is 14.3 Å². The summed E-state index contributed by atoms with van der Waals surface area (Å²) in [6.07, 6.45) is 1.40. The van der Waals surface area contributed by atoms with Crippen LogP contribution in [0, 0.1) is 0 Å². The Hall–Kier alpha value is -3.02. The molecule has 2 aromatic rings. The quantitative estimate of drug-likeness (QED) is 0.766. The zero-order valence-electron chi connectivity index (χ0n) is 17.3. The molecule has 2 aromatic carbocycles. The van der Waals surface area contributed by atoms with E-state index in [4.69, 9.17) is 4.74 Å². The van der Waals surface area contributed by atoms with Gasteiger partial charge in [0.1, 0.15) is 5.75 Å². The second-order valence-electron chi connectivity index (χ2n) is 7.40. The zero-order chi connectivity index (χ0) is 20.8. The van der Waals surface area contributed by atoms with Crippen LogP contribution in [0.4, 0.5) is 10.5 Å². The molecule has 2 atom stereocenters.